The molecule has 59 heavy (non-hydrogen) atoms. The van der Waals surface area contributed by atoms with E-state index >= 15 is 0 Å². The van der Waals surface area contributed by atoms with E-state index in [1.807, 2.05) is 0 Å². The van der Waals surface area contributed by atoms with E-state index in [4.69, 9.17) is 9.47 Å². The highest BCUT2D eigenvalue weighted by molar-refractivity contribution is 5.77. The fraction of sp³-hybridized carbons (Fsp3) is 0.942. The second-order valence-corrected chi connectivity index (χ2v) is 18.0. The number of amides is 1. The fourth-order valence-electron chi connectivity index (χ4n) is 8.62. The summed E-state index contributed by atoms with van der Waals surface area (Å²) in [6.07, 6.45) is 38.5. The molecule has 0 saturated carbocycles. The Morgan fingerprint density at radius 3 is 0.949 bits per heavy atom. The van der Waals surface area contributed by atoms with Gasteiger partial charge in [0.25, 0.3) is 0 Å². The molecule has 1 amide bonds. The average Bonchev–Trinajstić information content (AvgIpc) is 3.23. The third-order valence-electron chi connectivity index (χ3n) is 12.8. The quantitative estimate of drug-likeness (QED) is 0.0449. The molecule has 0 heterocycles. The number of rotatable bonds is 45. The van der Waals surface area contributed by atoms with E-state index in [1.165, 1.54) is 154 Å². The van der Waals surface area contributed by atoms with Gasteiger partial charge in [-0.3, -0.25) is 14.4 Å². The van der Waals surface area contributed by atoms with Gasteiger partial charge in [0.15, 0.2) is 0 Å². The maximum atomic E-state index is 13.8. The van der Waals surface area contributed by atoms with E-state index in [0.29, 0.717) is 19.5 Å². The predicted molar refractivity (Wildman–Crippen MR) is 253 cm³/mol. The van der Waals surface area contributed by atoms with Gasteiger partial charge < -0.3 is 19.3 Å². The van der Waals surface area contributed by atoms with Gasteiger partial charge in [-0.05, 0) is 45.7 Å². The Morgan fingerprint density at radius 2 is 0.678 bits per heavy atom. The first-order valence-electron chi connectivity index (χ1n) is 26.1. The predicted octanol–water partition coefficient (Wildman–Crippen LogP) is 14.8. The number of unbranched alkanes of at least 4 members (excludes halogenated alkanes) is 24. The van der Waals surface area contributed by atoms with Crippen LogP contribution >= 0.6 is 0 Å². The van der Waals surface area contributed by atoms with Crippen LogP contribution in [0.15, 0.2) is 0 Å². The van der Waals surface area contributed by atoms with Crippen LogP contribution in [-0.4, -0.2) is 73.1 Å². The van der Waals surface area contributed by atoms with Crippen LogP contribution in [0.5, 0.6) is 0 Å². The fourth-order valence-corrected chi connectivity index (χ4v) is 8.62. The Kier molecular flexibility index (Phi) is 41.8. The van der Waals surface area contributed by atoms with Gasteiger partial charge in [-0.1, -0.05) is 221 Å². The van der Waals surface area contributed by atoms with Crippen molar-refractivity contribution in [2.75, 3.05) is 39.4 Å². The number of esters is 2. The molecule has 0 rings (SSSR count). The average molecular weight is 835 g/mol. The number of hydrogen-bond donors (Lipinski definition) is 0. The number of carbonyl (C=O) groups excluding carboxylic acids is 3. The zero-order valence-corrected chi connectivity index (χ0v) is 40.7. The highest BCUT2D eigenvalue weighted by Crippen LogP contribution is 2.23. The Balaban J connectivity index is 5.47. The molecule has 0 aliphatic heterocycles. The largest absolute Gasteiger partial charge is 0.464 e. The topological polar surface area (TPSA) is 76.1 Å². The lowest BCUT2D eigenvalue weighted by Gasteiger charge is -2.29. The Morgan fingerprint density at radius 1 is 0.407 bits per heavy atom. The van der Waals surface area contributed by atoms with Crippen LogP contribution in [0.4, 0.5) is 0 Å². The lowest BCUT2D eigenvalue weighted by molar-refractivity contribution is -0.152. The number of hydrogen-bond acceptors (Lipinski definition) is 6. The van der Waals surface area contributed by atoms with Crippen molar-refractivity contribution in [1.29, 1.82) is 0 Å². The third kappa shape index (κ3) is 33.7. The van der Waals surface area contributed by atoms with Gasteiger partial charge in [-0.2, -0.15) is 0 Å². The molecule has 7 heteroatoms. The molecule has 0 radical (unpaired) electrons. The molecule has 1 atom stereocenters. The van der Waals surface area contributed by atoms with Crippen LogP contribution in [0.2, 0.25) is 0 Å². The second kappa shape index (κ2) is 43.0. The van der Waals surface area contributed by atoms with Crippen LogP contribution in [0.3, 0.4) is 0 Å². The summed E-state index contributed by atoms with van der Waals surface area (Å²) in [5.74, 6) is -0.314. The molecule has 0 fully saturated rings. The van der Waals surface area contributed by atoms with Gasteiger partial charge in [0.05, 0.1) is 24.9 Å². The molecule has 0 N–H and O–H groups in total. The van der Waals surface area contributed by atoms with Crippen LogP contribution in [-0.2, 0) is 23.9 Å². The van der Waals surface area contributed by atoms with Crippen molar-refractivity contribution in [3.8, 4) is 0 Å². The van der Waals surface area contributed by atoms with Gasteiger partial charge in [0.2, 0.25) is 5.91 Å². The zero-order valence-electron chi connectivity index (χ0n) is 40.7. The van der Waals surface area contributed by atoms with E-state index in [-0.39, 0.29) is 48.9 Å². The van der Waals surface area contributed by atoms with Crippen molar-refractivity contribution in [2.24, 2.45) is 11.8 Å². The summed E-state index contributed by atoms with van der Waals surface area (Å²) in [5.41, 5.74) is 0. The molecule has 0 aromatic rings. The van der Waals surface area contributed by atoms with E-state index in [1.54, 1.807) is 4.90 Å². The molecule has 0 spiro atoms. The van der Waals surface area contributed by atoms with E-state index in [9.17, 15) is 14.4 Å². The van der Waals surface area contributed by atoms with E-state index < -0.39 is 0 Å². The normalized spacial score (nSPS) is 12.2. The zero-order chi connectivity index (χ0) is 43.6. The first-order chi connectivity index (χ1) is 28.8. The minimum absolute atomic E-state index is 0.0295. The first kappa shape index (κ1) is 57.4. The maximum absolute atomic E-state index is 13.8. The molecule has 0 saturated heterocycles. The summed E-state index contributed by atoms with van der Waals surface area (Å²) in [6, 6.07) is 0.103. The van der Waals surface area contributed by atoms with Gasteiger partial charge >= 0.3 is 11.9 Å². The van der Waals surface area contributed by atoms with Crippen molar-refractivity contribution < 1.29 is 23.9 Å². The minimum atomic E-state index is -0.101. The third-order valence-corrected chi connectivity index (χ3v) is 12.8. The molecule has 0 aliphatic rings. The molecule has 7 nitrogen and oxygen atoms in total. The molecular weight excluding hydrogens is 733 g/mol. The van der Waals surface area contributed by atoms with Crippen molar-refractivity contribution in [3.05, 3.63) is 0 Å². The van der Waals surface area contributed by atoms with Gasteiger partial charge in [-0.25, -0.2) is 0 Å². The standard InChI is InChI=1S/C52H102N2O5/c1-8-14-18-22-26-30-34-38-48(39-35-31-27-23-19-15-9-2)51(56)58-44-42-54(50(55)46-47(7)53(12-5)13-6)43-45-59-52(57)49(40-36-32-28-24-20-16-10-3)41-37-33-29-25-21-17-11-4/h47-49H,8-46H2,1-7H3. The Bertz CT molecular complexity index is 846. The number of carbonyl (C=O) groups is 3. The van der Waals surface area contributed by atoms with Gasteiger partial charge in [0, 0.05) is 12.5 Å². The number of nitrogens with zero attached hydrogens (tertiary/aromatic N) is 2. The Hall–Kier alpha value is -1.63. The van der Waals surface area contributed by atoms with E-state index in [0.717, 1.165) is 64.5 Å². The summed E-state index contributed by atoms with van der Waals surface area (Å²) in [7, 11) is 0. The highest BCUT2D eigenvalue weighted by atomic mass is 16.5. The number of ether oxygens (including phenoxy) is 2. The molecule has 0 bridgehead atoms. The summed E-state index contributed by atoms with van der Waals surface area (Å²) in [6.45, 7) is 18.2. The lowest BCUT2D eigenvalue weighted by Crippen LogP contribution is -2.42. The summed E-state index contributed by atoms with van der Waals surface area (Å²) in [5, 5.41) is 0. The maximum Gasteiger partial charge on any atom is 0.308 e. The smallest absolute Gasteiger partial charge is 0.308 e. The van der Waals surface area contributed by atoms with Gasteiger partial charge in [-0.15, -0.1) is 0 Å². The van der Waals surface area contributed by atoms with Gasteiger partial charge in [0.1, 0.15) is 13.2 Å². The molecule has 1 unspecified atom stereocenters. The summed E-state index contributed by atoms with van der Waals surface area (Å²) >= 11 is 0. The Labute approximate surface area is 368 Å². The highest BCUT2D eigenvalue weighted by Gasteiger charge is 2.24. The van der Waals surface area contributed by atoms with Crippen LogP contribution in [0.25, 0.3) is 0 Å². The van der Waals surface area contributed by atoms with E-state index in [2.05, 4.69) is 53.4 Å². The molecule has 0 aromatic carbocycles. The van der Waals surface area contributed by atoms with Crippen molar-refractivity contribution in [3.63, 3.8) is 0 Å². The summed E-state index contributed by atoms with van der Waals surface area (Å²) < 4.78 is 12.0. The summed E-state index contributed by atoms with van der Waals surface area (Å²) in [4.78, 5) is 45.0. The first-order valence-corrected chi connectivity index (χ1v) is 26.1. The molecule has 0 aliphatic carbocycles. The van der Waals surface area contributed by atoms with Crippen LogP contribution in [0.1, 0.15) is 260 Å². The SMILES string of the molecule is CCCCCCCCCC(CCCCCCCCC)C(=O)OCCN(CCOC(=O)C(CCCCCCCCC)CCCCCCCCC)C(=O)CC(C)N(CC)CC. The van der Waals surface area contributed by atoms with Crippen molar-refractivity contribution >= 4 is 17.8 Å². The monoisotopic (exact) mass is 835 g/mol. The van der Waals surface area contributed by atoms with Crippen LogP contribution in [0, 0.1) is 11.8 Å². The van der Waals surface area contributed by atoms with Crippen molar-refractivity contribution in [2.45, 2.75) is 266 Å². The minimum Gasteiger partial charge on any atom is -0.464 e. The molecular formula is C52H102N2O5. The molecule has 350 valence electrons. The molecule has 0 aromatic heterocycles. The van der Waals surface area contributed by atoms with Crippen LogP contribution < -0.4 is 0 Å². The van der Waals surface area contributed by atoms with Crippen molar-refractivity contribution in [1.82, 2.24) is 9.80 Å². The lowest BCUT2D eigenvalue weighted by atomic mass is 9.94. The second-order valence-electron chi connectivity index (χ2n) is 18.0.